The van der Waals surface area contributed by atoms with Gasteiger partial charge in [-0.2, -0.15) is 0 Å². The molecule has 3 fully saturated rings. The van der Waals surface area contributed by atoms with E-state index in [9.17, 15) is 19.2 Å². The Morgan fingerprint density at radius 2 is 0.857 bits per heavy atom. The molecule has 0 aliphatic carbocycles. The van der Waals surface area contributed by atoms with Crippen LogP contribution in [0.2, 0.25) is 0 Å². The summed E-state index contributed by atoms with van der Waals surface area (Å²) < 4.78 is 0. The van der Waals surface area contributed by atoms with E-state index >= 15 is 38.4 Å². The van der Waals surface area contributed by atoms with E-state index in [1.807, 2.05) is 24.3 Å². The SMILES string of the molecule is C[C@@H]1NC(=O)[C@H](CCCCN)NC(=O)[C@H](CCCCN)NC(=O)[C@H](C)NC(=O)[C@@H]2CSS[C@H](NC(=O)[C@H](Cc3c[nH]c4ccccc34)NC1=O)C(=O)N1CSC[C@H]1C(=O)N[C@@H](Cc1c[nH]cn1)C(=O)N[C@H](Cc1ccccc1)C(=O)N[C@@H](Cc1c[nH]cn1)C(=O)N[C@@H](Cc1c[nH]c3ccccc13)C(=O)N2. The van der Waals surface area contributed by atoms with Crippen LogP contribution in [0, 0.1) is 0 Å². The number of hydrogen-bond acceptors (Lipinski definition) is 19. The molecule has 3 aliphatic heterocycles. The number of unbranched alkanes of at least 4 members (excludes halogenated alkanes) is 2. The van der Waals surface area contributed by atoms with Crippen molar-refractivity contribution in [2.75, 3.05) is 30.5 Å². The van der Waals surface area contributed by atoms with Gasteiger partial charge < -0.3 is 94.8 Å². The maximum Gasteiger partial charge on any atom is 0.257 e. The molecular formula is C70H88N20O12S3. The van der Waals surface area contributed by atoms with Gasteiger partial charge in [0.1, 0.15) is 66.5 Å². The highest BCUT2D eigenvalue weighted by Crippen LogP contribution is 2.32. The Morgan fingerprint density at radius 3 is 1.38 bits per heavy atom. The molecule has 7 heterocycles. The molecule has 12 atom stereocenters. The number of nitrogens with zero attached hydrogens (tertiary/aromatic N) is 3. The second kappa shape index (κ2) is 37.5. The third-order valence-corrected chi connectivity index (χ3v) is 21.8. The first kappa shape index (κ1) is 77.4. The number of rotatable bonds is 18. The molecule has 4 aromatic heterocycles. The van der Waals surface area contributed by atoms with Crippen LogP contribution in [-0.4, -0.2) is 208 Å². The fourth-order valence-electron chi connectivity index (χ4n) is 12.4. The summed E-state index contributed by atoms with van der Waals surface area (Å²) in [4.78, 5) is 202. The van der Waals surface area contributed by atoms with E-state index in [4.69, 9.17) is 11.5 Å². The zero-order valence-corrected chi connectivity index (χ0v) is 60.3. The first-order chi connectivity index (χ1) is 50.7. The predicted octanol–water partition coefficient (Wildman–Crippen LogP) is -0.493. The van der Waals surface area contributed by atoms with Gasteiger partial charge in [-0.3, -0.25) is 57.5 Å². The topological polar surface area (TPSA) is 481 Å². The summed E-state index contributed by atoms with van der Waals surface area (Å²) in [5, 5.41) is 30.2. The third kappa shape index (κ3) is 21.0. The van der Waals surface area contributed by atoms with Crippen LogP contribution in [0.4, 0.5) is 0 Å². The number of aromatic nitrogens is 6. The quantitative estimate of drug-likeness (QED) is 0.0381. The number of nitrogens with one attached hydrogen (secondary N) is 15. The molecule has 558 valence electrons. The summed E-state index contributed by atoms with van der Waals surface area (Å²) in [7, 11) is 1.55. The largest absolute Gasteiger partial charge is 0.361 e. The molecule has 7 aromatic rings. The van der Waals surface area contributed by atoms with Gasteiger partial charge in [0.15, 0.2) is 5.37 Å². The number of H-pyrrole nitrogens is 4. The van der Waals surface area contributed by atoms with Crippen molar-refractivity contribution in [1.29, 1.82) is 0 Å². The summed E-state index contributed by atoms with van der Waals surface area (Å²) >= 11 is 1.19. The average Bonchev–Trinajstić information content (AvgIpc) is 1.68. The van der Waals surface area contributed by atoms with Gasteiger partial charge in [0, 0.05) is 90.2 Å². The zero-order valence-electron chi connectivity index (χ0n) is 57.8. The summed E-state index contributed by atoms with van der Waals surface area (Å²) in [6.45, 7) is 3.23. The number of thioether (sulfide) groups is 1. The fraction of sp³-hybridized carbons (Fsp3) is 0.429. The van der Waals surface area contributed by atoms with Crippen LogP contribution >= 0.6 is 33.3 Å². The van der Waals surface area contributed by atoms with E-state index < -0.39 is 148 Å². The minimum Gasteiger partial charge on any atom is -0.361 e. The minimum atomic E-state index is -1.69. The second-order valence-corrected chi connectivity index (χ2v) is 29.5. The van der Waals surface area contributed by atoms with Crippen molar-refractivity contribution in [1.82, 2.24) is 93.3 Å². The maximum atomic E-state index is 15.7. The second-order valence-electron chi connectivity index (χ2n) is 26.0. The number of aromatic amines is 4. The van der Waals surface area contributed by atoms with E-state index in [1.165, 1.54) is 55.6 Å². The van der Waals surface area contributed by atoms with E-state index in [2.05, 4.69) is 88.4 Å². The van der Waals surface area contributed by atoms with E-state index in [0.717, 1.165) is 21.6 Å². The number of imidazole rings is 2. The Kier molecular flexibility index (Phi) is 27.6. The smallest absolute Gasteiger partial charge is 0.257 e. The van der Waals surface area contributed by atoms with Crippen molar-refractivity contribution in [2.24, 2.45) is 11.5 Å². The van der Waals surface area contributed by atoms with Gasteiger partial charge in [0.25, 0.3) is 5.91 Å². The highest BCUT2D eigenvalue weighted by molar-refractivity contribution is 8.77. The van der Waals surface area contributed by atoms with Crippen molar-refractivity contribution in [3.63, 3.8) is 0 Å². The zero-order chi connectivity index (χ0) is 74.5. The number of benzene rings is 3. The van der Waals surface area contributed by atoms with Gasteiger partial charge >= 0.3 is 0 Å². The lowest BCUT2D eigenvalue weighted by Gasteiger charge is -2.31. The highest BCUT2D eigenvalue weighted by atomic mass is 33.1. The summed E-state index contributed by atoms with van der Waals surface area (Å²) in [5.74, 6) is -10.9. The Hall–Kier alpha value is -10.2. The van der Waals surface area contributed by atoms with Crippen LogP contribution in [0.25, 0.3) is 21.8 Å². The molecule has 0 radical (unpaired) electrons. The van der Waals surface area contributed by atoms with Crippen molar-refractivity contribution in [3.05, 3.63) is 144 Å². The number of fused-ring (bicyclic) bond motifs is 7. The molecule has 2 bridgehead atoms. The lowest BCUT2D eigenvalue weighted by Crippen LogP contribution is -2.62. The number of hydrogen-bond donors (Lipinski definition) is 17. The third-order valence-electron chi connectivity index (χ3n) is 18.2. The molecule has 3 aromatic carbocycles. The summed E-state index contributed by atoms with van der Waals surface area (Å²) in [6.07, 6.45) is 9.72. The molecule has 32 nitrogen and oxygen atoms in total. The van der Waals surface area contributed by atoms with Crippen LogP contribution in [-0.2, 0) is 89.6 Å². The molecule has 0 saturated carbocycles. The minimum absolute atomic E-state index is 0.0140. The van der Waals surface area contributed by atoms with Crippen molar-refractivity contribution >= 4 is 126 Å². The molecule has 35 heteroatoms. The van der Waals surface area contributed by atoms with Gasteiger partial charge in [-0.15, -0.1) is 11.8 Å². The average molecular weight is 1500 g/mol. The fourth-order valence-corrected chi connectivity index (χ4v) is 16.0. The highest BCUT2D eigenvalue weighted by Gasteiger charge is 2.43. The van der Waals surface area contributed by atoms with Crippen molar-refractivity contribution < 1.29 is 57.5 Å². The first-order valence-electron chi connectivity index (χ1n) is 34.7. The van der Waals surface area contributed by atoms with Gasteiger partial charge in [-0.25, -0.2) is 9.97 Å². The lowest BCUT2D eigenvalue weighted by atomic mass is 10.0. The molecule has 3 aliphatic rings. The van der Waals surface area contributed by atoms with Crippen molar-refractivity contribution in [2.45, 2.75) is 156 Å². The number of amides is 12. The Labute approximate surface area is 616 Å². The van der Waals surface area contributed by atoms with Crippen LogP contribution in [0.3, 0.4) is 0 Å². The molecule has 3 saturated heterocycles. The maximum absolute atomic E-state index is 15.7. The first-order valence-corrected chi connectivity index (χ1v) is 38.3. The predicted molar refractivity (Wildman–Crippen MR) is 395 cm³/mol. The monoisotopic (exact) mass is 1500 g/mol. The summed E-state index contributed by atoms with van der Waals surface area (Å²) in [6, 6.07) is 7.20. The van der Waals surface area contributed by atoms with E-state index in [0.29, 0.717) is 75.6 Å². The number of para-hydroxylation sites is 2. The van der Waals surface area contributed by atoms with Crippen LogP contribution < -0.4 is 70.0 Å². The molecule has 105 heavy (non-hydrogen) atoms. The molecule has 19 N–H and O–H groups in total. The number of nitrogens with two attached hydrogens (primary N) is 2. The molecule has 12 amide bonds. The number of carbonyl (C=O) groups excluding carboxylic acids is 12. The molecule has 0 spiro atoms. The van der Waals surface area contributed by atoms with Gasteiger partial charge in [0.2, 0.25) is 65.0 Å². The van der Waals surface area contributed by atoms with Crippen LogP contribution in [0.1, 0.15) is 80.5 Å². The van der Waals surface area contributed by atoms with Gasteiger partial charge in [0.05, 0.1) is 29.9 Å². The number of carbonyl (C=O) groups is 12. The summed E-state index contributed by atoms with van der Waals surface area (Å²) in [5.41, 5.74) is 15.4. The normalized spacial score (nSPS) is 25.1. The lowest BCUT2D eigenvalue weighted by molar-refractivity contribution is -0.140. The molecular weight excluding hydrogens is 1410 g/mol. The Balaban J connectivity index is 1.08. The molecule has 0 unspecified atom stereocenters. The van der Waals surface area contributed by atoms with E-state index in [-0.39, 0.29) is 69.7 Å². The van der Waals surface area contributed by atoms with Crippen LogP contribution in [0.15, 0.2) is 116 Å². The van der Waals surface area contributed by atoms with Crippen molar-refractivity contribution in [3.8, 4) is 0 Å². The standard InChI is InChI=1S/C70H88N20O12S3/c1-38-58(91)81-50(21-11-13-23-72)61(94)82-49(20-10-12-22-71)60(93)79-39(2)59(92)83-53(26-42-30-76-48-19-9-7-17-46(42)48)66(99)89-69-70(102)90-37-103-34-57(90)68(101)87-55(28-44-32-74-36-78-44)65(98)84-51(24-40-14-4-3-5-15-40)62(95)86-54(27-43-31-73-35-77-43)64(97)85-52(25-41-29-75-47-18-8-6-16-45(41)47)63(96)88-56(33-104-105-69)67(100)80-38/h3-9,14-19,29-32,35-36,38-39,49-57,69,75-76H,10-13,20-28,33-34,37,71-72H2,1-2H3,(H,73,77)(H,74,78)(H,79,93)(H,80,100)(H,81,91)(H,82,94)(H,83,92)(H,84,98)(H,85,97)(H,86,95)(H,87,101)(H,88,96)(H,89,99)/t38-,39-,49-,50-,51+,52-,53-,54-,55-,56-,57-,69-/m0/s1. The van der Waals surface area contributed by atoms with Gasteiger partial charge in [-0.05, 0) is 94.3 Å². The Morgan fingerprint density at radius 1 is 0.429 bits per heavy atom. The van der Waals surface area contributed by atoms with Crippen LogP contribution in [0.5, 0.6) is 0 Å². The molecule has 10 rings (SSSR count). The van der Waals surface area contributed by atoms with Gasteiger partial charge in [-0.1, -0.05) is 88.3 Å². The van der Waals surface area contributed by atoms with E-state index in [1.54, 1.807) is 67.0 Å². The Bertz CT molecular complexity index is 4200.